The number of alkyl halides is 2. The van der Waals surface area contributed by atoms with Crippen molar-refractivity contribution >= 4 is 47.0 Å². The molecule has 1 saturated heterocycles. The highest BCUT2D eigenvalue weighted by atomic mass is 127. The number of aliphatic imine (C=N–C) groups is 1. The number of benzene rings is 1. The molecule has 1 atom stereocenters. The monoisotopic (exact) mass is 551 g/mol. The van der Waals surface area contributed by atoms with Crippen molar-refractivity contribution in [3.8, 4) is 5.75 Å². The Morgan fingerprint density at radius 2 is 2.13 bits per heavy atom. The third-order valence-electron chi connectivity index (χ3n) is 4.75. The van der Waals surface area contributed by atoms with E-state index in [-0.39, 0.29) is 35.8 Å². The van der Waals surface area contributed by atoms with E-state index in [4.69, 9.17) is 0 Å². The second-order valence-electron chi connectivity index (χ2n) is 6.81. The van der Waals surface area contributed by atoms with E-state index < -0.39 is 6.61 Å². The number of nitrogens with one attached hydrogen (secondary N) is 2. The zero-order valence-corrected chi connectivity index (χ0v) is 20.3. The summed E-state index contributed by atoms with van der Waals surface area (Å²) in [4.78, 5) is 11.1. The molecule has 1 aromatic heterocycles. The number of piperidine rings is 1. The lowest BCUT2D eigenvalue weighted by Crippen LogP contribution is -2.51. The summed E-state index contributed by atoms with van der Waals surface area (Å²) in [5, 5.41) is 10.0. The van der Waals surface area contributed by atoms with Gasteiger partial charge in [0.25, 0.3) is 0 Å². The van der Waals surface area contributed by atoms with Crippen LogP contribution in [-0.4, -0.2) is 43.7 Å². The summed E-state index contributed by atoms with van der Waals surface area (Å²) >= 11 is 1.68. The van der Waals surface area contributed by atoms with E-state index in [0.717, 1.165) is 54.7 Å². The molecule has 1 aromatic carbocycles. The minimum Gasteiger partial charge on any atom is -0.435 e. The predicted molar refractivity (Wildman–Crippen MR) is 129 cm³/mol. The molecule has 1 aliphatic rings. The maximum absolute atomic E-state index is 12.3. The highest BCUT2D eigenvalue weighted by Crippen LogP contribution is 2.23. The molecular weight excluding hydrogens is 523 g/mol. The van der Waals surface area contributed by atoms with Crippen LogP contribution in [0.4, 0.5) is 14.5 Å². The smallest absolute Gasteiger partial charge is 0.387 e. The molecule has 10 heteroatoms. The fourth-order valence-corrected chi connectivity index (χ4v) is 4.07. The molecular formula is C20H28F2IN5OS. The number of guanidine groups is 1. The maximum atomic E-state index is 12.3. The Kier molecular flexibility index (Phi) is 10.0. The molecule has 3 rings (SSSR count). The average molecular weight is 551 g/mol. The van der Waals surface area contributed by atoms with Gasteiger partial charge in [-0.25, -0.2) is 4.98 Å². The molecule has 2 aromatic rings. The van der Waals surface area contributed by atoms with Crippen LogP contribution in [0.25, 0.3) is 0 Å². The number of halogens is 3. The Labute approximate surface area is 197 Å². The first-order chi connectivity index (χ1) is 14.1. The normalized spacial score (nSPS) is 16.9. The number of nitrogens with zero attached hydrogens (tertiary/aromatic N) is 3. The Hall–Kier alpha value is -1.69. The number of thiazole rings is 1. The van der Waals surface area contributed by atoms with Gasteiger partial charge in [0.15, 0.2) is 5.96 Å². The highest BCUT2D eigenvalue weighted by Gasteiger charge is 2.21. The third kappa shape index (κ3) is 7.22. The number of aryl methyl sites for hydroxylation is 1. The van der Waals surface area contributed by atoms with Crippen molar-refractivity contribution in [3.05, 3.63) is 40.3 Å². The summed E-state index contributed by atoms with van der Waals surface area (Å²) in [5.41, 5.74) is 2.02. The Bertz CT molecular complexity index is 803. The molecule has 1 fully saturated rings. The van der Waals surface area contributed by atoms with E-state index in [1.807, 2.05) is 12.1 Å². The van der Waals surface area contributed by atoms with E-state index in [9.17, 15) is 8.78 Å². The molecule has 0 aliphatic carbocycles. The SMILES string of the molecule is CCc1nc(CNC(=NC)NC2CCCN(c3ccc(OC(F)F)cc3)C2)cs1.I. The van der Waals surface area contributed by atoms with Gasteiger partial charge in [-0.2, -0.15) is 8.78 Å². The number of aromatic nitrogens is 1. The van der Waals surface area contributed by atoms with Gasteiger partial charge in [0.2, 0.25) is 0 Å². The first-order valence-corrected chi connectivity index (χ1v) is 10.7. The Balaban J connectivity index is 0.00000320. The summed E-state index contributed by atoms with van der Waals surface area (Å²) < 4.78 is 29.0. The van der Waals surface area contributed by atoms with E-state index in [1.165, 1.54) is 0 Å². The predicted octanol–water partition coefficient (Wildman–Crippen LogP) is 4.26. The number of hydrogen-bond donors (Lipinski definition) is 2. The van der Waals surface area contributed by atoms with Gasteiger partial charge < -0.3 is 20.3 Å². The van der Waals surface area contributed by atoms with Gasteiger partial charge in [0.1, 0.15) is 5.75 Å². The molecule has 1 unspecified atom stereocenters. The molecule has 2 heterocycles. The van der Waals surface area contributed by atoms with Gasteiger partial charge in [0, 0.05) is 37.2 Å². The maximum Gasteiger partial charge on any atom is 0.387 e. The van der Waals surface area contributed by atoms with Gasteiger partial charge >= 0.3 is 6.61 Å². The number of ether oxygens (including phenoxy) is 1. The fourth-order valence-electron chi connectivity index (χ4n) is 3.32. The van der Waals surface area contributed by atoms with Crippen LogP contribution in [0.15, 0.2) is 34.6 Å². The number of hydrogen-bond acceptors (Lipinski definition) is 5. The van der Waals surface area contributed by atoms with Crippen molar-refractivity contribution in [3.63, 3.8) is 0 Å². The second kappa shape index (κ2) is 12.2. The molecule has 6 nitrogen and oxygen atoms in total. The highest BCUT2D eigenvalue weighted by molar-refractivity contribution is 14.0. The van der Waals surface area contributed by atoms with Crippen LogP contribution in [0, 0.1) is 0 Å². The topological polar surface area (TPSA) is 61.8 Å². The second-order valence-corrected chi connectivity index (χ2v) is 7.76. The standard InChI is InChI=1S/C20H27F2N5OS.HI/c1-3-18-25-15(13-29-18)11-24-20(23-2)26-14-5-4-10-27(12-14)16-6-8-17(9-7-16)28-19(21)22;/h6-9,13-14,19H,3-5,10-12H2,1-2H3,(H2,23,24,26);1H. The summed E-state index contributed by atoms with van der Waals surface area (Å²) in [7, 11) is 1.76. The summed E-state index contributed by atoms with van der Waals surface area (Å²) in [6.45, 7) is 1.68. The minimum absolute atomic E-state index is 0. The molecule has 0 radical (unpaired) electrons. The van der Waals surface area contributed by atoms with Gasteiger partial charge in [0.05, 0.1) is 17.2 Å². The molecule has 0 bridgehead atoms. The molecule has 2 N–H and O–H groups in total. The quantitative estimate of drug-likeness (QED) is 0.306. The van der Waals surface area contributed by atoms with Crippen LogP contribution < -0.4 is 20.3 Å². The van der Waals surface area contributed by atoms with Crippen molar-refractivity contribution in [1.82, 2.24) is 15.6 Å². The fraction of sp³-hybridized carbons (Fsp3) is 0.500. The van der Waals surface area contributed by atoms with E-state index >= 15 is 0 Å². The van der Waals surface area contributed by atoms with Crippen molar-refractivity contribution < 1.29 is 13.5 Å². The van der Waals surface area contributed by atoms with Crippen LogP contribution in [0.5, 0.6) is 5.75 Å². The van der Waals surface area contributed by atoms with E-state index in [2.05, 4.69) is 42.6 Å². The lowest BCUT2D eigenvalue weighted by molar-refractivity contribution is -0.0498. The molecule has 1 aliphatic heterocycles. The van der Waals surface area contributed by atoms with Gasteiger partial charge in [-0.1, -0.05) is 6.92 Å². The van der Waals surface area contributed by atoms with Crippen LogP contribution in [-0.2, 0) is 13.0 Å². The first kappa shape index (κ1) is 24.6. The average Bonchev–Trinajstić information content (AvgIpc) is 3.19. The lowest BCUT2D eigenvalue weighted by atomic mass is 10.0. The summed E-state index contributed by atoms with van der Waals surface area (Å²) in [6.07, 6.45) is 3.03. The Morgan fingerprint density at radius 1 is 1.37 bits per heavy atom. The van der Waals surface area contributed by atoms with Gasteiger partial charge in [-0.05, 0) is 43.5 Å². The Morgan fingerprint density at radius 3 is 2.77 bits per heavy atom. The van der Waals surface area contributed by atoms with Gasteiger partial charge in [-0.15, -0.1) is 35.3 Å². The molecule has 0 spiro atoms. The van der Waals surface area contributed by atoms with Crippen LogP contribution in [0.2, 0.25) is 0 Å². The van der Waals surface area contributed by atoms with Crippen LogP contribution in [0.1, 0.15) is 30.5 Å². The molecule has 0 amide bonds. The third-order valence-corrected chi connectivity index (χ3v) is 5.79. The number of rotatable bonds is 7. The molecule has 166 valence electrons. The summed E-state index contributed by atoms with van der Waals surface area (Å²) in [5.74, 6) is 0.928. The first-order valence-electron chi connectivity index (χ1n) is 9.77. The molecule has 30 heavy (non-hydrogen) atoms. The molecule has 0 saturated carbocycles. The van der Waals surface area contributed by atoms with Crippen molar-refractivity contribution in [2.45, 2.75) is 45.4 Å². The van der Waals surface area contributed by atoms with Crippen LogP contribution >= 0.6 is 35.3 Å². The zero-order valence-electron chi connectivity index (χ0n) is 17.1. The zero-order chi connectivity index (χ0) is 20.6. The van der Waals surface area contributed by atoms with E-state index in [1.54, 1.807) is 30.5 Å². The van der Waals surface area contributed by atoms with Crippen molar-refractivity contribution in [2.75, 3.05) is 25.0 Å². The van der Waals surface area contributed by atoms with E-state index in [0.29, 0.717) is 6.54 Å². The lowest BCUT2D eigenvalue weighted by Gasteiger charge is -2.35. The van der Waals surface area contributed by atoms with Gasteiger partial charge in [-0.3, -0.25) is 4.99 Å². The van der Waals surface area contributed by atoms with Crippen LogP contribution in [0.3, 0.4) is 0 Å². The summed E-state index contributed by atoms with van der Waals surface area (Å²) in [6, 6.07) is 7.05. The minimum atomic E-state index is -2.80. The largest absolute Gasteiger partial charge is 0.435 e. The van der Waals surface area contributed by atoms with Crippen molar-refractivity contribution in [2.24, 2.45) is 4.99 Å². The van der Waals surface area contributed by atoms with Crippen molar-refractivity contribution in [1.29, 1.82) is 0 Å². The number of anilines is 1.